The molecule has 1 fully saturated rings. The summed E-state index contributed by atoms with van der Waals surface area (Å²) in [7, 11) is 1.74. The van der Waals surface area contributed by atoms with Gasteiger partial charge in [-0.2, -0.15) is 0 Å². The molecule has 94 valence electrons. The molecule has 0 saturated heterocycles. The molecule has 0 bridgehead atoms. The van der Waals surface area contributed by atoms with Crippen LogP contribution in [0.5, 0.6) is 5.75 Å². The zero-order chi connectivity index (χ0) is 12.3. The highest BCUT2D eigenvalue weighted by Crippen LogP contribution is 2.31. The first-order valence-corrected chi connectivity index (χ1v) is 7.06. The van der Waals surface area contributed by atoms with Gasteiger partial charge in [0.25, 0.3) is 0 Å². The van der Waals surface area contributed by atoms with Crippen LogP contribution in [0.3, 0.4) is 0 Å². The van der Waals surface area contributed by atoms with Crippen LogP contribution in [0, 0.1) is 5.92 Å². The summed E-state index contributed by atoms with van der Waals surface area (Å²) in [5.74, 6) is 1.70. The van der Waals surface area contributed by atoms with Crippen molar-refractivity contribution in [2.45, 2.75) is 38.1 Å². The van der Waals surface area contributed by atoms with Crippen LogP contribution in [-0.4, -0.2) is 13.2 Å². The van der Waals surface area contributed by atoms with Gasteiger partial charge in [-0.15, -0.1) is 0 Å². The minimum absolute atomic E-state index is 0.395. The largest absolute Gasteiger partial charge is 0.496 e. The number of benzene rings is 1. The van der Waals surface area contributed by atoms with Gasteiger partial charge < -0.3 is 10.5 Å². The van der Waals surface area contributed by atoms with Gasteiger partial charge in [-0.05, 0) is 48.9 Å². The van der Waals surface area contributed by atoms with Crippen LogP contribution in [0.1, 0.15) is 31.2 Å². The van der Waals surface area contributed by atoms with Crippen molar-refractivity contribution in [3.63, 3.8) is 0 Å². The number of hydrogen-bond donors (Lipinski definition) is 1. The molecule has 1 aliphatic carbocycles. The van der Waals surface area contributed by atoms with Crippen molar-refractivity contribution in [2.75, 3.05) is 7.11 Å². The van der Waals surface area contributed by atoms with Crippen molar-refractivity contribution in [1.29, 1.82) is 0 Å². The first-order chi connectivity index (χ1) is 8.19. The van der Waals surface area contributed by atoms with Crippen LogP contribution in [0.2, 0.25) is 0 Å². The Balaban J connectivity index is 2.08. The molecule has 1 aromatic carbocycles. The summed E-state index contributed by atoms with van der Waals surface area (Å²) in [6, 6.07) is 6.61. The summed E-state index contributed by atoms with van der Waals surface area (Å²) in [4.78, 5) is 0. The summed E-state index contributed by atoms with van der Waals surface area (Å²) in [6.07, 6.45) is 5.98. The van der Waals surface area contributed by atoms with Crippen LogP contribution in [0.15, 0.2) is 22.7 Å². The Morgan fingerprint density at radius 2 is 2.24 bits per heavy atom. The molecule has 1 saturated carbocycles. The maximum absolute atomic E-state index is 6.04. The minimum atomic E-state index is 0.395. The van der Waals surface area contributed by atoms with Crippen molar-refractivity contribution in [3.05, 3.63) is 28.2 Å². The first-order valence-electron chi connectivity index (χ1n) is 6.27. The van der Waals surface area contributed by atoms with E-state index in [-0.39, 0.29) is 0 Å². The third kappa shape index (κ3) is 3.46. The summed E-state index contributed by atoms with van der Waals surface area (Å²) in [5.41, 5.74) is 7.33. The molecular weight excluding hydrogens is 278 g/mol. The van der Waals surface area contributed by atoms with Crippen molar-refractivity contribution in [3.8, 4) is 5.75 Å². The number of rotatable bonds is 3. The van der Waals surface area contributed by atoms with E-state index in [0.717, 1.165) is 23.1 Å². The van der Waals surface area contributed by atoms with Crippen LogP contribution >= 0.6 is 15.9 Å². The van der Waals surface area contributed by atoms with E-state index in [1.807, 2.05) is 12.1 Å². The molecule has 2 nitrogen and oxygen atoms in total. The van der Waals surface area contributed by atoms with Gasteiger partial charge in [0.1, 0.15) is 5.75 Å². The molecule has 2 atom stereocenters. The molecule has 2 N–H and O–H groups in total. The third-order valence-electron chi connectivity index (χ3n) is 3.57. The fourth-order valence-corrected chi connectivity index (χ4v) is 3.14. The molecule has 2 unspecified atom stereocenters. The van der Waals surface area contributed by atoms with Crippen LogP contribution < -0.4 is 10.5 Å². The van der Waals surface area contributed by atoms with Gasteiger partial charge in [0.2, 0.25) is 0 Å². The number of methoxy groups -OCH3 is 1. The Kier molecular flexibility index (Phi) is 4.46. The Morgan fingerprint density at radius 3 is 2.94 bits per heavy atom. The molecule has 0 spiro atoms. The van der Waals surface area contributed by atoms with E-state index in [2.05, 4.69) is 22.0 Å². The van der Waals surface area contributed by atoms with Crippen molar-refractivity contribution < 1.29 is 4.74 Å². The number of hydrogen-bond acceptors (Lipinski definition) is 2. The number of ether oxygens (including phenoxy) is 1. The number of nitrogens with two attached hydrogens (primary N) is 1. The molecule has 0 aromatic heterocycles. The molecule has 0 radical (unpaired) electrons. The Bertz CT molecular complexity index is 380. The average molecular weight is 298 g/mol. The zero-order valence-electron chi connectivity index (χ0n) is 10.3. The average Bonchev–Trinajstić information content (AvgIpc) is 2.29. The highest BCUT2D eigenvalue weighted by molar-refractivity contribution is 9.10. The van der Waals surface area contributed by atoms with Crippen LogP contribution in [-0.2, 0) is 6.42 Å². The lowest BCUT2D eigenvalue weighted by molar-refractivity contribution is 0.316. The van der Waals surface area contributed by atoms with E-state index in [0.29, 0.717) is 12.0 Å². The topological polar surface area (TPSA) is 35.2 Å². The fraction of sp³-hybridized carbons (Fsp3) is 0.571. The third-order valence-corrected chi connectivity index (χ3v) is 4.07. The summed E-state index contributed by atoms with van der Waals surface area (Å²) < 4.78 is 6.54. The van der Waals surface area contributed by atoms with E-state index >= 15 is 0 Å². The predicted octanol–water partition coefficient (Wildman–Crippen LogP) is 3.52. The standard InChI is InChI=1S/C14H20BrNO/c1-17-14-6-5-12(15)9-11(14)7-10-3-2-4-13(16)8-10/h5-6,9-10,13H,2-4,7-8,16H2,1H3. The van der Waals surface area contributed by atoms with Crippen molar-refractivity contribution >= 4 is 15.9 Å². The van der Waals surface area contributed by atoms with Crippen molar-refractivity contribution in [1.82, 2.24) is 0 Å². The normalized spacial score (nSPS) is 24.6. The maximum Gasteiger partial charge on any atom is 0.122 e. The van der Waals surface area contributed by atoms with Gasteiger partial charge in [0.05, 0.1) is 7.11 Å². The lowest BCUT2D eigenvalue weighted by atomic mass is 9.82. The molecule has 0 heterocycles. The zero-order valence-corrected chi connectivity index (χ0v) is 11.9. The summed E-state index contributed by atoms with van der Waals surface area (Å²) in [6.45, 7) is 0. The smallest absolute Gasteiger partial charge is 0.122 e. The van der Waals surface area contributed by atoms with Gasteiger partial charge >= 0.3 is 0 Å². The highest BCUT2D eigenvalue weighted by Gasteiger charge is 2.20. The Morgan fingerprint density at radius 1 is 1.41 bits per heavy atom. The SMILES string of the molecule is COc1ccc(Br)cc1CC1CCCC(N)C1. The lowest BCUT2D eigenvalue weighted by Crippen LogP contribution is -2.28. The molecule has 0 amide bonds. The van der Waals surface area contributed by atoms with Gasteiger partial charge in [-0.25, -0.2) is 0 Å². The Labute approximate surface area is 112 Å². The van der Waals surface area contributed by atoms with E-state index < -0.39 is 0 Å². The van der Waals surface area contributed by atoms with E-state index in [1.165, 1.54) is 24.8 Å². The lowest BCUT2D eigenvalue weighted by Gasteiger charge is -2.27. The first kappa shape index (κ1) is 12.9. The molecule has 0 aliphatic heterocycles. The van der Waals surface area contributed by atoms with Crippen LogP contribution in [0.25, 0.3) is 0 Å². The molecular formula is C14H20BrNO. The Hall–Kier alpha value is -0.540. The second kappa shape index (κ2) is 5.87. The van der Waals surface area contributed by atoms with Gasteiger partial charge in [0, 0.05) is 10.5 Å². The molecule has 1 aromatic rings. The van der Waals surface area contributed by atoms with Gasteiger partial charge in [-0.3, -0.25) is 0 Å². The highest BCUT2D eigenvalue weighted by atomic mass is 79.9. The second-order valence-electron chi connectivity index (χ2n) is 4.95. The summed E-state index contributed by atoms with van der Waals surface area (Å²) in [5, 5.41) is 0. The second-order valence-corrected chi connectivity index (χ2v) is 5.87. The quantitative estimate of drug-likeness (QED) is 0.926. The molecule has 1 aliphatic rings. The van der Waals surface area contributed by atoms with E-state index in [9.17, 15) is 0 Å². The molecule has 17 heavy (non-hydrogen) atoms. The number of halogens is 1. The van der Waals surface area contributed by atoms with Crippen LogP contribution in [0.4, 0.5) is 0 Å². The molecule has 3 heteroatoms. The summed E-state index contributed by atoms with van der Waals surface area (Å²) >= 11 is 3.52. The monoisotopic (exact) mass is 297 g/mol. The fourth-order valence-electron chi connectivity index (χ4n) is 2.74. The van der Waals surface area contributed by atoms with E-state index in [1.54, 1.807) is 7.11 Å². The maximum atomic E-state index is 6.04. The van der Waals surface area contributed by atoms with Gasteiger partial charge in [0.15, 0.2) is 0 Å². The van der Waals surface area contributed by atoms with Crippen molar-refractivity contribution in [2.24, 2.45) is 11.7 Å². The minimum Gasteiger partial charge on any atom is -0.496 e. The van der Waals surface area contributed by atoms with E-state index in [4.69, 9.17) is 10.5 Å². The molecule has 2 rings (SSSR count). The van der Waals surface area contributed by atoms with Gasteiger partial charge in [-0.1, -0.05) is 28.8 Å². The predicted molar refractivity (Wildman–Crippen MR) is 74.3 cm³/mol.